The molecule has 0 aromatic heterocycles. The SMILES string of the molecule is O=C(NC(CO)Cc1ccccc1)c1cc(Br)ccc1O. The molecule has 110 valence electrons. The number of phenolic OH excluding ortho intramolecular Hbond substituents is 1. The number of hydrogen-bond acceptors (Lipinski definition) is 3. The maximum Gasteiger partial charge on any atom is 0.255 e. The number of amides is 1. The molecule has 0 fully saturated rings. The van der Waals surface area contributed by atoms with Crippen molar-refractivity contribution in [2.75, 3.05) is 6.61 Å². The molecule has 21 heavy (non-hydrogen) atoms. The van der Waals surface area contributed by atoms with E-state index in [1.165, 1.54) is 6.07 Å². The largest absolute Gasteiger partial charge is 0.507 e. The highest BCUT2D eigenvalue weighted by molar-refractivity contribution is 9.10. The second-order valence-electron chi connectivity index (χ2n) is 4.70. The summed E-state index contributed by atoms with van der Waals surface area (Å²) in [6.07, 6.45) is 0.526. The summed E-state index contributed by atoms with van der Waals surface area (Å²) >= 11 is 3.26. The Balaban J connectivity index is 2.07. The summed E-state index contributed by atoms with van der Waals surface area (Å²) in [5.74, 6) is -0.504. The number of carbonyl (C=O) groups excluding carboxylic acids is 1. The van der Waals surface area contributed by atoms with E-state index in [1.54, 1.807) is 12.1 Å². The fourth-order valence-electron chi connectivity index (χ4n) is 2.01. The van der Waals surface area contributed by atoms with Crippen molar-refractivity contribution in [1.29, 1.82) is 0 Å². The summed E-state index contributed by atoms with van der Waals surface area (Å²) in [6.45, 7) is -0.171. The number of phenols is 1. The van der Waals surface area contributed by atoms with Crippen LogP contribution in [-0.4, -0.2) is 28.8 Å². The summed E-state index contributed by atoms with van der Waals surface area (Å²) in [5, 5.41) is 21.9. The molecule has 0 heterocycles. The molecule has 2 aromatic carbocycles. The maximum absolute atomic E-state index is 12.2. The average molecular weight is 350 g/mol. The smallest absolute Gasteiger partial charge is 0.255 e. The predicted octanol–water partition coefficient (Wildman–Crippen LogP) is 2.49. The van der Waals surface area contributed by atoms with E-state index in [1.807, 2.05) is 30.3 Å². The molecule has 0 aliphatic heterocycles. The third kappa shape index (κ3) is 4.31. The van der Waals surface area contributed by atoms with Crippen LogP contribution in [0.3, 0.4) is 0 Å². The lowest BCUT2D eigenvalue weighted by molar-refractivity contribution is 0.0913. The summed E-state index contributed by atoms with van der Waals surface area (Å²) in [7, 11) is 0. The zero-order valence-electron chi connectivity index (χ0n) is 11.3. The van der Waals surface area contributed by atoms with E-state index < -0.39 is 11.9 Å². The predicted molar refractivity (Wildman–Crippen MR) is 84.3 cm³/mol. The number of nitrogens with one attached hydrogen (secondary N) is 1. The molecule has 0 aliphatic carbocycles. The monoisotopic (exact) mass is 349 g/mol. The van der Waals surface area contributed by atoms with Gasteiger partial charge in [-0.15, -0.1) is 0 Å². The van der Waals surface area contributed by atoms with Gasteiger partial charge in [0.1, 0.15) is 5.75 Å². The minimum absolute atomic E-state index is 0.0906. The van der Waals surface area contributed by atoms with Gasteiger partial charge >= 0.3 is 0 Å². The Kier molecular flexibility index (Phi) is 5.36. The van der Waals surface area contributed by atoms with Gasteiger partial charge in [-0.1, -0.05) is 46.3 Å². The zero-order valence-corrected chi connectivity index (χ0v) is 12.9. The summed E-state index contributed by atoms with van der Waals surface area (Å²) < 4.78 is 0.703. The minimum atomic E-state index is -0.413. The number of hydrogen-bond donors (Lipinski definition) is 3. The number of aliphatic hydroxyl groups excluding tert-OH is 1. The Morgan fingerprint density at radius 1 is 1.19 bits per heavy atom. The van der Waals surface area contributed by atoms with Gasteiger partial charge < -0.3 is 15.5 Å². The lowest BCUT2D eigenvalue weighted by Gasteiger charge is -2.17. The third-order valence-electron chi connectivity index (χ3n) is 3.08. The van der Waals surface area contributed by atoms with Crippen molar-refractivity contribution in [3.05, 3.63) is 64.1 Å². The molecule has 3 N–H and O–H groups in total. The molecule has 0 saturated carbocycles. The molecular formula is C16H16BrNO3. The Morgan fingerprint density at radius 2 is 1.90 bits per heavy atom. The van der Waals surface area contributed by atoms with Gasteiger partial charge in [-0.05, 0) is 30.2 Å². The van der Waals surface area contributed by atoms with Crippen LogP contribution in [0.25, 0.3) is 0 Å². The highest BCUT2D eigenvalue weighted by atomic mass is 79.9. The summed E-state index contributed by atoms with van der Waals surface area (Å²) in [5.41, 5.74) is 1.20. The van der Waals surface area contributed by atoms with Gasteiger partial charge in [0.15, 0.2) is 0 Å². The van der Waals surface area contributed by atoms with Gasteiger partial charge in [-0.3, -0.25) is 4.79 Å². The van der Waals surface area contributed by atoms with E-state index >= 15 is 0 Å². The summed E-state index contributed by atoms with van der Waals surface area (Å²) in [4.78, 5) is 12.2. The Hall–Kier alpha value is -1.85. The first-order valence-corrected chi connectivity index (χ1v) is 7.33. The van der Waals surface area contributed by atoms with Crippen molar-refractivity contribution in [1.82, 2.24) is 5.32 Å². The Labute approximate surface area is 131 Å². The quantitative estimate of drug-likeness (QED) is 0.776. The highest BCUT2D eigenvalue weighted by Crippen LogP contribution is 2.21. The van der Waals surface area contributed by atoms with E-state index in [2.05, 4.69) is 21.2 Å². The van der Waals surface area contributed by atoms with Crippen molar-refractivity contribution in [2.24, 2.45) is 0 Å². The molecule has 0 radical (unpaired) electrons. The van der Waals surface area contributed by atoms with E-state index in [9.17, 15) is 15.0 Å². The van der Waals surface area contributed by atoms with Crippen LogP contribution < -0.4 is 5.32 Å². The van der Waals surface area contributed by atoms with Crippen LogP contribution in [0.15, 0.2) is 53.0 Å². The molecule has 0 saturated heterocycles. The number of halogens is 1. The van der Waals surface area contributed by atoms with Crippen LogP contribution in [0.4, 0.5) is 0 Å². The Bertz CT molecular complexity index is 616. The normalized spacial score (nSPS) is 11.9. The Morgan fingerprint density at radius 3 is 2.57 bits per heavy atom. The number of aromatic hydroxyl groups is 1. The number of aliphatic hydroxyl groups is 1. The first-order chi connectivity index (χ1) is 10.1. The summed E-state index contributed by atoms with van der Waals surface area (Å²) in [6, 6.07) is 13.8. The van der Waals surface area contributed by atoms with Gasteiger partial charge in [0.25, 0.3) is 5.91 Å². The number of rotatable bonds is 5. The molecule has 1 atom stereocenters. The van der Waals surface area contributed by atoms with Crippen LogP contribution >= 0.6 is 15.9 Å². The van der Waals surface area contributed by atoms with Crippen molar-refractivity contribution >= 4 is 21.8 Å². The van der Waals surface area contributed by atoms with Crippen molar-refractivity contribution in [2.45, 2.75) is 12.5 Å². The van der Waals surface area contributed by atoms with Crippen LogP contribution in [-0.2, 0) is 6.42 Å². The van der Waals surface area contributed by atoms with Gasteiger partial charge in [-0.25, -0.2) is 0 Å². The van der Waals surface area contributed by atoms with Crippen LogP contribution in [0.5, 0.6) is 5.75 Å². The van der Waals surface area contributed by atoms with Crippen molar-refractivity contribution < 1.29 is 15.0 Å². The lowest BCUT2D eigenvalue weighted by Crippen LogP contribution is -2.39. The standard InChI is InChI=1S/C16H16BrNO3/c17-12-6-7-15(20)14(9-12)16(21)18-13(10-19)8-11-4-2-1-3-5-11/h1-7,9,13,19-20H,8,10H2,(H,18,21). The van der Waals surface area contributed by atoms with Crippen molar-refractivity contribution in [3.8, 4) is 5.75 Å². The van der Waals surface area contributed by atoms with Gasteiger partial charge in [0, 0.05) is 4.47 Å². The molecule has 2 aromatic rings. The molecule has 0 bridgehead atoms. The number of benzene rings is 2. The maximum atomic E-state index is 12.2. The fraction of sp³-hybridized carbons (Fsp3) is 0.188. The van der Waals surface area contributed by atoms with Crippen LogP contribution in [0.1, 0.15) is 15.9 Å². The van der Waals surface area contributed by atoms with E-state index in [0.717, 1.165) is 5.56 Å². The first-order valence-electron chi connectivity index (χ1n) is 6.54. The molecule has 0 aliphatic rings. The molecule has 5 heteroatoms. The third-order valence-corrected chi connectivity index (χ3v) is 3.58. The topological polar surface area (TPSA) is 69.6 Å². The highest BCUT2D eigenvalue weighted by Gasteiger charge is 2.16. The molecule has 1 unspecified atom stereocenters. The molecular weight excluding hydrogens is 334 g/mol. The molecule has 4 nitrogen and oxygen atoms in total. The second kappa shape index (κ2) is 7.24. The minimum Gasteiger partial charge on any atom is -0.507 e. The first kappa shape index (κ1) is 15.5. The van der Waals surface area contributed by atoms with Gasteiger partial charge in [0.05, 0.1) is 18.2 Å². The van der Waals surface area contributed by atoms with Gasteiger partial charge in [0.2, 0.25) is 0 Å². The lowest BCUT2D eigenvalue weighted by atomic mass is 10.1. The molecule has 0 spiro atoms. The fourth-order valence-corrected chi connectivity index (χ4v) is 2.37. The van der Waals surface area contributed by atoms with E-state index in [0.29, 0.717) is 10.9 Å². The molecule has 2 rings (SSSR count). The van der Waals surface area contributed by atoms with E-state index in [-0.39, 0.29) is 17.9 Å². The zero-order chi connectivity index (χ0) is 15.2. The van der Waals surface area contributed by atoms with Crippen LogP contribution in [0, 0.1) is 0 Å². The van der Waals surface area contributed by atoms with Crippen molar-refractivity contribution in [3.63, 3.8) is 0 Å². The van der Waals surface area contributed by atoms with Gasteiger partial charge in [-0.2, -0.15) is 0 Å². The van der Waals surface area contributed by atoms with Crippen LogP contribution in [0.2, 0.25) is 0 Å². The number of carbonyl (C=O) groups is 1. The molecule has 1 amide bonds. The second-order valence-corrected chi connectivity index (χ2v) is 5.62. The average Bonchev–Trinajstić information content (AvgIpc) is 2.50. The van der Waals surface area contributed by atoms with E-state index in [4.69, 9.17) is 0 Å².